The molecule has 4 heterocycles. The molecule has 1 fully saturated rings. The number of piperidine rings is 1. The van der Waals surface area contributed by atoms with Gasteiger partial charge in [-0.15, -0.1) is 12.4 Å². The summed E-state index contributed by atoms with van der Waals surface area (Å²) in [7, 11) is 0. The van der Waals surface area contributed by atoms with E-state index in [2.05, 4.69) is 40.3 Å². The van der Waals surface area contributed by atoms with Crippen molar-refractivity contribution in [2.24, 2.45) is 5.92 Å². The van der Waals surface area contributed by atoms with E-state index >= 15 is 0 Å². The number of nitrogens with zero attached hydrogens (tertiary/aromatic N) is 2. The Morgan fingerprint density at radius 1 is 0.917 bits per heavy atom. The largest absolute Gasteiger partial charge is 0.436 e. The van der Waals surface area contributed by atoms with Gasteiger partial charge in [0, 0.05) is 24.9 Å². The molecular formula is C20H19ClN2O. The Kier molecular flexibility index (Phi) is 3.81. The average Bonchev–Trinajstić information content (AvgIpc) is 3.07. The third-order valence-corrected chi connectivity index (χ3v) is 5.05. The van der Waals surface area contributed by atoms with Gasteiger partial charge in [0.2, 0.25) is 5.89 Å². The second-order valence-corrected chi connectivity index (χ2v) is 6.46. The molecule has 0 atom stereocenters. The van der Waals surface area contributed by atoms with Crippen molar-refractivity contribution in [3.63, 3.8) is 0 Å². The monoisotopic (exact) mass is 338 g/mol. The number of fused-ring (bicyclic) bond motifs is 3. The van der Waals surface area contributed by atoms with Gasteiger partial charge < -0.3 is 9.32 Å². The van der Waals surface area contributed by atoms with E-state index < -0.39 is 0 Å². The van der Waals surface area contributed by atoms with Gasteiger partial charge in [-0.1, -0.05) is 24.3 Å². The highest BCUT2D eigenvalue weighted by Gasteiger charge is 2.27. The lowest BCUT2D eigenvalue weighted by molar-refractivity contribution is 0.252. The van der Waals surface area contributed by atoms with E-state index in [1.807, 2.05) is 24.3 Å². The van der Waals surface area contributed by atoms with Gasteiger partial charge in [-0.2, -0.15) is 0 Å². The van der Waals surface area contributed by atoms with Crippen molar-refractivity contribution < 1.29 is 4.42 Å². The van der Waals surface area contributed by atoms with E-state index in [1.165, 1.54) is 37.1 Å². The summed E-state index contributed by atoms with van der Waals surface area (Å²) in [5.41, 5.74) is 5.61. The summed E-state index contributed by atoms with van der Waals surface area (Å²) in [6.07, 6.45) is 4.93. The number of para-hydroxylation sites is 2. The molecule has 0 N–H and O–H groups in total. The van der Waals surface area contributed by atoms with Crippen molar-refractivity contribution in [1.29, 1.82) is 0 Å². The summed E-state index contributed by atoms with van der Waals surface area (Å²) in [4.78, 5) is 7.02. The third-order valence-electron chi connectivity index (χ3n) is 5.05. The molecule has 1 saturated heterocycles. The Morgan fingerprint density at radius 2 is 1.62 bits per heavy atom. The maximum Gasteiger partial charge on any atom is 0.227 e. The Bertz CT molecular complexity index is 856. The Morgan fingerprint density at radius 3 is 2.29 bits per heavy atom. The number of aromatic nitrogens is 1. The molecule has 2 bridgehead atoms. The molecule has 3 nitrogen and oxygen atoms in total. The van der Waals surface area contributed by atoms with Crippen LogP contribution in [0.5, 0.6) is 0 Å². The van der Waals surface area contributed by atoms with E-state index in [1.54, 1.807) is 0 Å². The minimum absolute atomic E-state index is 0. The quantitative estimate of drug-likeness (QED) is 0.659. The molecule has 3 aliphatic heterocycles. The minimum atomic E-state index is 0. The molecule has 0 spiro atoms. The maximum absolute atomic E-state index is 5.85. The van der Waals surface area contributed by atoms with E-state index in [4.69, 9.17) is 4.42 Å². The van der Waals surface area contributed by atoms with Crippen molar-refractivity contribution in [3.8, 4) is 11.5 Å². The normalized spacial score (nSPS) is 17.0. The molecule has 3 aromatic rings. The fraction of sp³-hybridized carbons (Fsp3) is 0.250. The number of allylic oxidation sites excluding steroid dienone is 1. The molecule has 0 aliphatic carbocycles. The van der Waals surface area contributed by atoms with Gasteiger partial charge in [0.25, 0.3) is 0 Å². The zero-order chi connectivity index (χ0) is 15.2. The van der Waals surface area contributed by atoms with E-state index in [-0.39, 0.29) is 12.4 Å². The van der Waals surface area contributed by atoms with E-state index in [9.17, 15) is 0 Å². The third kappa shape index (κ3) is 2.49. The summed E-state index contributed by atoms with van der Waals surface area (Å²) in [6, 6.07) is 16.6. The second kappa shape index (κ2) is 5.99. The van der Waals surface area contributed by atoms with Crippen LogP contribution in [0.2, 0.25) is 0 Å². The van der Waals surface area contributed by atoms with E-state index in [0.717, 1.165) is 22.6 Å². The Hall–Kier alpha value is -2.26. The lowest BCUT2D eigenvalue weighted by Crippen LogP contribution is -2.35. The van der Waals surface area contributed by atoms with Crippen LogP contribution in [0.3, 0.4) is 0 Å². The average molecular weight is 339 g/mol. The zero-order valence-corrected chi connectivity index (χ0v) is 14.1. The molecular weight excluding hydrogens is 320 g/mol. The fourth-order valence-corrected chi connectivity index (χ4v) is 3.75. The Balaban J connectivity index is 0.00000146. The van der Waals surface area contributed by atoms with Crippen molar-refractivity contribution in [3.05, 3.63) is 60.3 Å². The van der Waals surface area contributed by atoms with Gasteiger partial charge in [-0.3, -0.25) is 0 Å². The topological polar surface area (TPSA) is 29.3 Å². The van der Waals surface area contributed by atoms with E-state index in [0.29, 0.717) is 5.89 Å². The molecule has 122 valence electrons. The Labute approximate surface area is 147 Å². The van der Waals surface area contributed by atoms with Gasteiger partial charge in [-0.25, -0.2) is 4.98 Å². The summed E-state index contributed by atoms with van der Waals surface area (Å²) in [5, 5.41) is 0. The molecule has 0 amide bonds. The maximum atomic E-state index is 5.85. The predicted octanol–water partition coefficient (Wildman–Crippen LogP) is 4.98. The number of hydrogen-bond acceptors (Lipinski definition) is 3. The van der Waals surface area contributed by atoms with Crippen LogP contribution in [-0.2, 0) is 0 Å². The predicted molar refractivity (Wildman–Crippen MR) is 99.0 cm³/mol. The first-order chi connectivity index (χ1) is 11.4. The molecule has 4 heteroatoms. The smallest absolute Gasteiger partial charge is 0.227 e. The van der Waals surface area contributed by atoms with Gasteiger partial charge in [0.05, 0.1) is 0 Å². The van der Waals surface area contributed by atoms with Crippen LogP contribution in [-0.4, -0.2) is 23.0 Å². The van der Waals surface area contributed by atoms with Crippen molar-refractivity contribution in [2.45, 2.75) is 12.8 Å². The van der Waals surface area contributed by atoms with Gasteiger partial charge in [-0.05, 0) is 54.2 Å². The molecule has 6 rings (SSSR count). The van der Waals surface area contributed by atoms with Crippen LogP contribution >= 0.6 is 12.4 Å². The molecule has 2 aromatic carbocycles. The minimum Gasteiger partial charge on any atom is -0.436 e. The number of halogens is 1. The molecule has 0 saturated carbocycles. The van der Waals surface area contributed by atoms with Crippen LogP contribution in [0.1, 0.15) is 18.4 Å². The number of oxazole rings is 1. The first-order valence-corrected chi connectivity index (χ1v) is 8.29. The number of benzene rings is 2. The van der Waals surface area contributed by atoms with Crippen molar-refractivity contribution >= 4 is 29.1 Å². The molecule has 0 radical (unpaired) electrons. The molecule has 1 aromatic heterocycles. The fourth-order valence-electron chi connectivity index (χ4n) is 3.75. The number of rotatable bonds is 2. The van der Waals surface area contributed by atoms with Gasteiger partial charge >= 0.3 is 0 Å². The first kappa shape index (κ1) is 15.3. The highest BCUT2D eigenvalue weighted by Crippen LogP contribution is 2.37. The lowest BCUT2D eigenvalue weighted by Gasteiger charge is -2.39. The van der Waals surface area contributed by atoms with Crippen LogP contribution in [0.15, 0.2) is 59.1 Å². The van der Waals surface area contributed by atoms with Crippen LogP contribution < -0.4 is 0 Å². The van der Waals surface area contributed by atoms with Crippen molar-refractivity contribution in [1.82, 2.24) is 9.88 Å². The van der Waals surface area contributed by atoms with Gasteiger partial charge in [0.1, 0.15) is 5.52 Å². The van der Waals surface area contributed by atoms with Crippen LogP contribution in [0.4, 0.5) is 0 Å². The standard InChI is InChI=1S/C20H18N2O.ClH/c1-2-4-19-18(3-1)21-20(23-19)16-7-5-14(6-8-16)17-13-22-11-9-15(17)10-12-22;/h1-8,13,15H,9-12H2;1H. The molecule has 24 heavy (non-hydrogen) atoms. The number of hydrogen-bond donors (Lipinski definition) is 0. The van der Waals surface area contributed by atoms with Crippen LogP contribution in [0.25, 0.3) is 28.1 Å². The summed E-state index contributed by atoms with van der Waals surface area (Å²) in [5.74, 6) is 1.43. The highest BCUT2D eigenvalue weighted by atomic mass is 35.5. The van der Waals surface area contributed by atoms with Crippen molar-refractivity contribution in [2.75, 3.05) is 13.1 Å². The zero-order valence-electron chi connectivity index (χ0n) is 13.3. The first-order valence-electron chi connectivity index (χ1n) is 8.29. The van der Waals surface area contributed by atoms with Gasteiger partial charge in [0.15, 0.2) is 5.58 Å². The SMILES string of the molecule is C1=C(c2ccc(-c3nc4ccccc4o3)cc2)C2CCN1CC2.Cl. The lowest BCUT2D eigenvalue weighted by atomic mass is 9.82. The highest BCUT2D eigenvalue weighted by molar-refractivity contribution is 5.85. The van der Waals surface area contributed by atoms with Crippen LogP contribution in [0, 0.1) is 5.92 Å². The summed E-state index contributed by atoms with van der Waals surface area (Å²) in [6.45, 7) is 2.43. The second-order valence-electron chi connectivity index (χ2n) is 6.46. The molecule has 3 aliphatic rings. The molecule has 0 unspecified atom stereocenters. The summed E-state index contributed by atoms with van der Waals surface area (Å²) >= 11 is 0. The summed E-state index contributed by atoms with van der Waals surface area (Å²) < 4.78 is 5.85.